The summed E-state index contributed by atoms with van der Waals surface area (Å²) in [6.07, 6.45) is 2.13. The SMILES string of the molecule is CCc1ccc([C@@H](C)NC(=O)[C@H]2CCCN2S(=O)(=O)c2ccc(Cl)cc2)cc1. The van der Waals surface area contributed by atoms with E-state index in [4.69, 9.17) is 11.6 Å². The summed E-state index contributed by atoms with van der Waals surface area (Å²) in [7, 11) is -3.75. The average Bonchev–Trinajstić information content (AvgIpc) is 3.19. The smallest absolute Gasteiger partial charge is 0.243 e. The van der Waals surface area contributed by atoms with Crippen LogP contribution in [0.3, 0.4) is 0 Å². The van der Waals surface area contributed by atoms with Gasteiger partial charge in [-0.05, 0) is 61.6 Å². The number of amides is 1. The summed E-state index contributed by atoms with van der Waals surface area (Å²) in [6, 6.07) is 13.2. The van der Waals surface area contributed by atoms with E-state index in [9.17, 15) is 13.2 Å². The molecule has 1 aliphatic heterocycles. The van der Waals surface area contributed by atoms with Crippen LogP contribution in [0.15, 0.2) is 53.4 Å². The highest BCUT2D eigenvalue weighted by Gasteiger charge is 2.39. The molecule has 2 aromatic carbocycles. The van der Waals surface area contributed by atoms with E-state index < -0.39 is 16.1 Å². The van der Waals surface area contributed by atoms with Gasteiger partial charge in [0.05, 0.1) is 10.9 Å². The largest absolute Gasteiger partial charge is 0.348 e. The molecule has 1 saturated heterocycles. The lowest BCUT2D eigenvalue weighted by Gasteiger charge is -2.25. The summed E-state index contributed by atoms with van der Waals surface area (Å²) < 4.78 is 27.3. The standard InChI is InChI=1S/C21H25ClN2O3S/c1-3-16-6-8-17(9-7-16)15(2)23-21(25)20-5-4-14-24(20)28(26,27)19-12-10-18(22)11-13-19/h6-13,15,20H,3-5,14H2,1-2H3,(H,23,25)/t15-,20-/m1/s1. The second kappa shape index (κ2) is 8.64. The molecule has 3 rings (SSSR count). The molecule has 28 heavy (non-hydrogen) atoms. The zero-order chi connectivity index (χ0) is 20.3. The van der Waals surface area contributed by atoms with Crippen molar-refractivity contribution < 1.29 is 13.2 Å². The van der Waals surface area contributed by atoms with E-state index in [0.717, 1.165) is 12.0 Å². The molecule has 0 spiro atoms. The molecule has 0 bridgehead atoms. The van der Waals surface area contributed by atoms with Gasteiger partial charge >= 0.3 is 0 Å². The predicted molar refractivity (Wildman–Crippen MR) is 111 cm³/mol. The van der Waals surface area contributed by atoms with Crippen LogP contribution in [-0.2, 0) is 21.2 Å². The van der Waals surface area contributed by atoms with Crippen molar-refractivity contribution in [2.45, 2.75) is 50.1 Å². The van der Waals surface area contributed by atoms with Gasteiger partial charge in [-0.2, -0.15) is 4.31 Å². The fourth-order valence-corrected chi connectivity index (χ4v) is 5.25. The highest BCUT2D eigenvalue weighted by molar-refractivity contribution is 7.89. The molecule has 1 aliphatic rings. The molecule has 0 aromatic heterocycles. The van der Waals surface area contributed by atoms with Gasteiger partial charge in [0.2, 0.25) is 15.9 Å². The van der Waals surface area contributed by atoms with Gasteiger partial charge < -0.3 is 5.32 Å². The number of carbonyl (C=O) groups is 1. The second-order valence-electron chi connectivity index (χ2n) is 7.05. The first kappa shape index (κ1) is 20.8. The maximum Gasteiger partial charge on any atom is 0.243 e. The Bertz CT molecular complexity index is 927. The monoisotopic (exact) mass is 420 g/mol. The Morgan fingerprint density at radius 3 is 2.43 bits per heavy atom. The van der Waals surface area contributed by atoms with Crippen LogP contribution in [0.5, 0.6) is 0 Å². The Labute approximate surface area is 171 Å². The summed E-state index contributed by atoms with van der Waals surface area (Å²) in [5.74, 6) is -0.262. The van der Waals surface area contributed by atoms with Gasteiger partial charge in [-0.1, -0.05) is 42.8 Å². The van der Waals surface area contributed by atoms with Crippen LogP contribution in [0, 0.1) is 0 Å². The summed E-state index contributed by atoms with van der Waals surface area (Å²) in [6.45, 7) is 4.34. The second-order valence-corrected chi connectivity index (χ2v) is 9.38. The van der Waals surface area contributed by atoms with Crippen molar-refractivity contribution in [3.63, 3.8) is 0 Å². The van der Waals surface area contributed by atoms with Gasteiger partial charge in [0.15, 0.2) is 0 Å². The molecule has 1 N–H and O–H groups in total. The van der Waals surface area contributed by atoms with Crippen LogP contribution in [0.2, 0.25) is 5.02 Å². The molecule has 0 saturated carbocycles. The molecule has 0 radical (unpaired) electrons. The molecule has 1 amide bonds. The molecule has 1 heterocycles. The van der Waals surface area contributed by atoms with Crippen molar-refractivity contribution in [2.75, 3.05) is 6.54 Å². The highest BCUT2D eigenvalue weighted by atomic mass is 35.5. The lowest BCUT2D eigenvalue weighted by atomic mass is 10.0. The normalized spacial score (nSPS) is 18.8. The van der Waals surface area contributed by atoms with E-state index in [1.807, 2.05) is 31.2 Å². The molecule has 0 unspecified atom stereocenters. The molecule has 2 aromatic rings. The molecule has 2 atom stereocenters. The summed E-state index contributed by atoms with van der Waals surface area (Å²) in [5, 5.41) is 3.44. The fraction of sp³-hybridized carbons (Fsp3) is 0.381. The molecule has 5 nitrogen and oxygen atoms in total. The number of benzene rings is 2. The first-order valence-electron chi connectivity index (χ1n) is 9.49. The molecule has 7 heteroatoms. The van der Waals surface area contributed by atoms with Crippen molar-refractivity contribution in [2.24, 2.45) is 0 Å². The molecule has 1 fully saturated rings. The van der Waals surface area contributed by atoms with E-state index >= 15 is 0 Å². The zero-order valence-corrected chi connectivity index (χ0v) is 17.6. The van der Waals surface area contributed by atoms with Gasteiger partial charge in [0, 0.05) is 11.6 Å². The van der Waals surface area contributed by atoms with E-state index in [1.165, 1.54) is 22.0 Å². The van der Waals surface area contributed by atoms with Gasteiger partial charge in [0.1, 0.15) is 6.04 Å². The van der Waals surface area contributed by atoms with E-state index in [0.29, 0.717) is 24.4 Å². The van der Waals surface area contributed by atoms with Gasteiger partial charge in [0.25, 0.3) is 0 Å². The Kier molecular flexibility index (Phi) is 6.43. The Morgan fingerprint density at radius 1 is 1.18 bits per heavy atom. The number of halogens is 1. The number of nitrogens with one attached hydrogen (secondary N) is 1. The van der Waals surface area contributed by atoms with Crippen molar-refractivity contribution in [3.8, 4) is 0 Å². The highest BCUT2D eigenvalue weighted by Crippen LogP contribution is 2.27. The van der Waals surface area contributed by atoms with Crippen LogP contribution in [-0.4, -0.2) is 31.2 Å². The minimum atomic E-state index is -3.75. The number of nitrogens with zero attached hydrogens (tertiary/aromatic N) is 1. The predicted octanol–water partition coefficient (Wildman–Crippen LogP) is 3.93. The number of hydrogen-bond donors (Lipinski definition) is 1. The molecular weight excluding hydrogens is 396 g/mol. The number of sulfonamides is 1. The Hall–Kier alpha value is -1.89. The van der Waals surface area contributed by atoms with Crippen molar-refractivity contribution in [3.05, 3.63) is 64.7 Å². The number of aryl methyl sites for hydroxylation is 1. The topological polar surface area (TPSA) is 66.5 Å². The van der Waals surface area contributed by atoms with Crippen LogP contribution in [0.25, 0.3) is 0 Å². The van der Waals surface area contributed by atoms with Crippen LogP contribution in [0.4, 0.5) is 0 Å². The average molecular weight is 421 g/mol. The van der Waals surface area contributed by atoms with E-state index in [-0.39, 0.29) is 16.8 Å². The summed E-state index contributed by atoms with van der Waals surface area (Å²) >= 11 is 5.86. The number of carbonyl (C=O) groups excluding carboxylic acids is 1. The molecule has 150 valence electrons. The van der Waals surface area contributed by atoms with Crippen LogP contribution < -0.4 is 5.32 Å². The molecular formula is C21H25ClN2O3S. The van der Waals surface area contributed by atoms with Gasteiger partial charge in [-0.15, -0.1) is 0 Å². The molecule has 0 aliphatic carbocycles. The van der Waals surface area contributed by atoms with E-state index in [1.54, 1.807) is 12.1 Å². The van der Waals surface area contributed by atoms with Crippen molar-refractivity contribution >= 4 is 27.5 Å². The minimum absolute atomic E-state index is 0.153. The van der Waals surface area contributed by atoms with Crippen molar-refractivity contribution in [1.82, 2.24) is 9.62 Å². The first-order valence-corrected chi connectivity index (χ1v) is 11.3. The Balaban J connectivity index is 1.74. The number of hydrogen-bond acceptors (Lipinski definition) is 3. The minimum Gasteiger partial charge on any atom is -0.348 e. The maximum atomic E-state index is 13.0. The number of rotatable bonds is 6. The Morgan fingerprint density at radius 2 is 1.82 bits per heavy atom. The first-order chi connectivity index (χ1) is 13.3. The van der Waals surface area contributed by atoms with Crippen molar-refractivity contribution in [1.29, 1.82) is 0 Å². The quantitative estimate of drug-likeness (QED) is 0.769. The summed E-state index contributed by atoms with van der Waals surface area (Å²) in [5.41, 5.74) is 2.23. The maximum absolute atomic E-state index is 13.0. The van der Waals surface area contributed by atoms with E-state index in [2.05, 4.69) is 12.2 Å². The van der Waals surface area contributed by atoms with Gasteiger partial charge in [-0.25, -0.2) is 8.42 Å². The lowest BCUT2D eigenvalue weighted by molar-refractivity contribution is -0.124. The van der Waals surface area contributed by atoms with Crippen LogP contribution in [0.1, 0.15) is 43.9 Å². The van der Waals surface area contributed by atoms with Gasteiger partial charge in [-0.3, -0.25) is 4.79 Å². The fourth-order valence-electron chi connectivity index (χ4n) is 3.47. The summed E-state index contributed by atoms with van der Waals surface area (Å²) in [4.78, 5) is 13.0. The lowest BCUT2D eigenvalue weighted by Crippen LogP contribution is -2.46. The zero-order valence-electron chi connectivity index (χ0n) is 16.1. The third-order valence-electron chi connectivity index (χ3n) is 5.17. The van der Waals surface area contributed by atoms with Crippen LogP contribution >= 0.6 is 11.6 Å². The third kappa shape index (κ3) is 4.40. The third-order valence-corrected chi connectivity index (χ3v) is 7.35.